The summed E-state index contributed by atoms with van der Waals surface area (Å²) in [4.78, 5) is 23.5. The largest absolute Gasteiger partial charge is 0.478 e. The maximum atomic E-state index is 11.9. The van der Waals surface area contributed by atoms with Gasteiger partial charge in [-0.3, -0.25) is 0 Å². The molecule has 1 aromatic rings. The third-order valence-electron chi connectivity index (χ3n) is 3.99. The van der Waals surface area contributed by atoms with Gasteiger partial charge >= 0.3 is 11.9 Å². The molecule has 0 spiro atoms. The molecule has 0 aromatic heterocycles. The van der Waals surface area contributed by atoms with Gasteiger partial charge in [-0.25, -0.2) is 9.59 Å². The van der Waals surface area contributed by atoms with Crippen LogP contribution in [0, 0.1) is 0 Å². The highest BCUT2D eigenvalue weighted by atomic mass is 16.7. The van der Waals surface area contributed by atoms with Crippen LogP contribution < -0.4 is 0 Å². The summed E-state index contributed by atoms with van der Waals surface area (Å²) in [5.74, 6) is -2.49. The van der Waals surface area contributed by atoms with Crippen LogP contribution in [0.3, 0.4) is 0 Å². The maximum absolute atomic E-state index is 11.9. The van der Waals surface area contributed by atoms with E-state index in [-0.39, 0.29) is 96.3 Å². The lowest BCUT2D eigenvalue weighted by Gasteiger charge is -2.15. The molecule has 0 atom stereocenters. The number of hydrogen-bond acceptors (Lipinski definition) is 10. The molecule has 0 amide bonds. The third kappa shape index (κ3) is 10.9. The van der Waals surface area contributed by atoms with E-state index >= 15 is 0 Å². The van der Waals surface area contributed by atoms with Crippen molar-refractivity contribution in [1.82, 2.24) is 0 Å². The molecule has 0 bridgehead atoms. The van der Waals surface area contributed by atoms with E-state index in [2.05, 4.69) is 0 Å². The smallest absolute Gasteiger partial charge is 0.336 e. The molecule has 0 aliphatic heterocycles. The van der Waals surface area contributed by atoms with Crippen molar-refractivity contribution in [2.75, 3.05) is 66.8 Å². The molecule has 0 saturated carbocycles. The van der Waals surface area contributed by atoms with Gasteiger partial charge in [0.15, 0.2) is 0 Å². The number of carboxylic acid groups (broad SMARTS) is 2. The van der Waals surface area contributed by atoms with Gasteiger partial charge in [0.1, 0.15) is 27.2 Å². The Balaban J connectivity index is 2.65. The summed E-state index contributed by atoms with van der Waals surface area (Å²) >= 11 is 0. The molecule has 1 aromatic carbocycles. The van der Waals surface area contributed by atoms with Crippen LogP contribution in [-0.4, -0.2) is 99.2 Å². The fraction of sp³-hybridized carbons (Fsp3) is 0.600. The van der Waals surface area contributed by atoms with Crippen molar-refractivity contribution in [2.45, 2.75) is 12.8 Å². The van der Waals surface area contributed by atoms with E-state index < -0.39 is 11.9 Å². The minimum Gasteiger partial charge on any atom is -0.478 e. The SMILES string of the molecule is O=C(O)c1ccc(CCOCOCOCCO)c(C(=O)O)c1CCOCOCOCCO. The molecule has 0 unspecified atom stereocenters. The number of carboxylic acids is 2. The fourth-order valence-corrected chi connectivity index (χ4v) is 2.66. The molecule has 0 aliphatic rings. The second-order valence-electron chi connectivity index (χ2n) is 6.20. The quantitative estimate of drug-likeness (QED) is 0.152. The predicted molar refractivity (Wildman–Crippen MR) is 107 cm³/mol. The maximum Gasteiger partial charge on any atom is 0.336 e. The van der Waals surface area contributed by atoms with Crippen molar-refractivity contribution in [3.63, 3.8) is 0 Å². The minimum absolute atomic E-state index is 0.0300. The van der Waals surface area contributed by atoms with Crippen molar-refractivity contribution in [2.24, 2.45) is 0 Å². The lowest BCUT2D eigenvalue weighted by atomic mass is 9.92. The summed E-state index contributed by atoms with van der Waals surface area (Å²) in [6, 6.07) is 2.81. The van der Waals surface area contributed by atoms with Gasteiger partial charge in [0.2, 0.25) is 0 Å². The van der Waals surface area contributed by atoms with Crippen LogP contribution >= 0.6 is 0 Å². The lowest BCUT2D eigenvalue weighted by molar-refractivity contribution is -0.133. The Labute approximate surface area is 185 Å². The van der Waals surface area contributed by atoms with Gasteiger partial charge in [-0.15, -0.1) is 0 Å². The van der Waals surface area contributed by atoms with Gasteiger partial charge in [0.05, 0.1) is 50.8 Å². The Bertz CT molecular complexity index is 679. The fourth-order valence-electron chi connectivity index (χ4n) is 2.66. The van der Waals surface area contributed by atoms with Gasteiger partial charge in [-0.05, 0) is 30.0 Å². The molecule has 0 radical (unpaired) electrons. The first-order chi connectivity index (χ1) is 15.5. The second kappa shape index (κ2) is 17.4. The Morgan fingerprint density at radius 2 is 1.16 bits per heavy atom. The van der Waals surface area contributed by atoms with Gasteiger partial charge < -0.3 is 48.8 Å². The van der Waals surface area contributed by atoms with Gasteiger partial charge in [-0.1, -0.05) is 6.07 Å². The zero-order chi connectivity index (χ0) is 23.6. The highest BCUT2D eigenvalue weighted by Crippen LogP contribution is 2.22. The Kier molecular flexibility index (Phi) is 15.2. The minimum atomic E-state index is -1.25. The normalized spacial score (nSPS) is 11.1. The molecule has 182 valence electrons. The van der Waals surface area contributed by atoms with Crippen molar-refractivity contribution in [1.29, 1.82) is 0 Å². The van der Waals surface area contributed by atoms with Crippen LogP contribution in [0.15, 0.2) is 12.1 Å². The van der Waals surface area contributed by atoms with Crippen molar-refractivity contribution < 1.29 is 58.4 Å². The molecular formula is C20H30O12. The molecule has 0 saturated heterocycles. The van der Waals surface area contributed by atoms with E-state index in [0.29, 0.717) is 5.56 Å². The molecular weight excluding hydrogens is 432 g/mol. The van der Waals surface area contributed by atoms with Gasteiger partial charge in [0, 0.05) is 0 Å². The second-order valence-corrected chi connectivity index (χ2v) is 6.20. The highest BCUT2D eigenvalue weighted by Gasteiger charge is 2.22. The number of aliphatic hydroxyl groups excluding tert-OH is 2. The zero-order valence-electron chi connectivity index (χ0n) is 17.7. The van der Waals surface area contributed by atoms with E-state index in [4.69, 9.17) is 38.6 Å². The molecule has 0 aliphatic carbocycles. The Morgan fingerprint density at radius 3 is 1.62 bits per heavy atom. The van der Waals surface area contributed by atoms with E-state index in [0.717, 1.165) is 0 Å². The van der Waals surface area contributed by atoms with Gasteiger partial charge in [0.25, 0.3) is 0 Å². The van der Waals surface area contributed by atoms with Crippen LogP contribution in [0.2, 0.25) is 0 Å². The molecule has 0 heterocycles. The average Bonchev–Trinajstić information content (AvgIpc) is 2.76. The van der Waals surface area contributed by atoms with Crippen molar-refractivity contribution >= 4 is 11.9 Å². The van der Waals surface area contributed by atoms with Crippen molar-refractivity contribution in [3.05, 3.63) is 34.4 Å². The van der Waals surface area contributed by atoms with E-state index in [1.54, 1.807) is 0 Å². The Hall–Kier alpha value is -2.16. The first-order valence-electron chi connectivity index (χ1n) is 9.82. The standard InChI is InChI=1S/C20H30O12/c21-5-9-29-13-31-11-27-7-3-15-1-2-17(19(23)24)16(18(15)20(25)26)4-8-28-12-32-14-30-10-6-22/h1-2,21-22H,3-14H2,(H,23,24)(H,25,26). The average molecular weight is 462 g/mol. The number of ether oxygens (including phenoxy) is 6. The predicted octanol–water partition coefficient (Wildman–Crippen LogP) is 0.0822. The molecule has 32 heavy (non-hydrogen) atoms. The topological polar surface area (TPSA) is 170 Å². The van der Waals surface area contributed by atoms with Crippen LogP contribution in [0.5, 0.6) is 0 Å². The highest BCUT2D eigenvalue weighted by molar-refractivity contribution is 5.97. The van der Waals surface area contributed by atoms with Crippen molar-refractivity contribution in [3.8, 4) is 0 Å². The molecule has 12 nitrogen and oxygen atoms in total. The molecule has 12 heteroatoms. The summed E-state index contributed by atoms with van der Waals surface area (Å²) in [7, 11) is 0. The Morgan fingerprint density at radius 1 is 0.656 bits per heavy atom. The van der Waals surface area contributed by atoms with E-state index in [1.807, 2.05) is 0 Å². The first kappa shape index (κ1) is 27.9. The third-order valence-corrected chi connectivity index (χ3v) is 3.99. The summed E-state index contributed by atoms with van der Waals surface area (Å²) in [6.07, 6.45) is 0.270. The number of aromatic carboxylic acids is 2. The van der Waals surface area contributed by atoms with E-state index in [9.17, 15) is 19.8 Å². The number of rotatable bonds is 20. The zero-order valence-corrected chi connectivity index (χ0v) is 17.7. The number of hydrogen-bond donors (Lipinski definition) is 4. The van der Waals surface area contributed by atoms with Crippen LogP contribution in [0.25, 0.3) is 0 Å². The summed E-state index contributed by atoms with van der Waals surface area (Å²) < 4.78 is 30.4. The lowest BCUT2D eigenvalue weighted by Crippen LogP contribution is -2.17. The number of carbonyl (C=O) groups is 2. The molecule has 0 fully saturated rings. The summed E-state index contributed by atoms with van der Waals surface area (Å²) in [5.41, 5.74) is 0.346. The molecule has 1 rings (SSSR count). The van der Waals surface area contributed by atoms with Crippen LogP contribution in [-0.2, 0) is 41.3 Å². The van der Waals surface area contributed by atoms with Crippen LogP contribution in [0.4, 0.5) is 0 Å². The number of benzene rings is 1. The van der Waals surface area contributed by atoms with Crippen LogP contribution in [0.1, 0.15) is 31.8 Å². The monoisotopic (exact) mass is 462 g/mol. The van der Waals surface area contributed by atoms with E-state index in [1.165, 1.54) is 12.1 Å². The molecule has 4 N–H and O–H groups in total. The number of aliphatic hydroxyl groups is 2. The summed E-state index contributed by atoms with van der Waals surface area (Å²) in [5, 5.41) is 36.3. The van der Waals surface area contributed by atoms with Gasteiger partial charge in [-0.2, -0.15) is 0 Å². The summed E-state index contributed by atoms with van der Waals surface area (Å²) in [6.45, 7) is -0.134. The first-order valence-corrected chi connectivity index (χ1v) is 9.82.